The van der Waals surface area contributed by atoms with Crippen LogP contribution in [0.15, 0.2) is 12.3 Å². The first-order valence-corrected chi connectivity index (χ1v) is 11.5. The molecule has 0 bridgehead atoms. The number of ether oxygens (including phenoxy) is 1. The van der Waals surface area contributed by atoms with Crippen molar-refractivity contribution in [3.8, 4) is 0 Å². The molecule has 166 valence electrons. The number of nitrogens with one attached hydrogen (secondary N) is 1. The summed E-state index contributed by atoms with van der Waals surface area (Å²) in [5.41, 5.74) is 0.286. The smallest absolute Gasteiger partial charge is 0.318 e. The van der Waals surface area contributed by atoms with Crippen LogP contribution in [0.3, 0.4) is 0 Å². The van der Waals surface area contributed by atoms with Crippen LogP contribution in [0.5, 0.6) is 0 Å². The second-order valence-electron chi connectivity index (χ2n) is 9.27. The number of carbonyl (C=O) groups excluding carboxylic acids is 2. The van der Waals surface area contributed by atoms with E-state index in [9.17, 15) is 9.59 Å². The monoisotopic (exact) mass is 417 g/mol. The molecule has 8 nitrogen and oxygen atoms in total. The lowest BCUT2D eigenvalue weighted by Crippen LogP contribution is -2.57. The topological polar surface area (TPSA) is 79.7 Å². The van der Waals surface area contributed by atoms with Crippen molar-refractivity contribution in [1.82, 2.24) is 24.9 Å². The molecule has 0 aromatic carbocycles. The summed E-state index contributed by atoms with van der Waals surface area (Å²) in [5.74, 6) is 0.000303. The zero-order chi connectivity index (χ0) is 21.3. The fraction of sp³-hybridized carbons (Fsp3) is 0.773. The largest absolute Gasteiger partial charge is 0.375 e. The van der Waals surface area contributed by atoms with Crippen LogP contribution in [-0.4, -0.2) is 74.9 Å². The van der Waals surface area contributed by atoms with Gasteiger partial charge >= 0.3 is 6.03 Å². The molecule has 3 aliphatic rings. The number of piperidine rings is 1. The van der Waals surface area contributed by atoms with Crippen molar-refractivity contribution in [3.63, 3.8) is 0 Å². The fourth-order valence-electron chi connectivity index (χ4n) is 4.82. The molecule has 0 radical (unpaired) electrons. The Morgan fingerprint density at radius 3 is 2.60 bits per heavy atom. The third-order valence-electron chi connectivity index (χ3n) is 6.59. The van der Waals surface area contributed by atoms with Gasteiger partial charge in [0.1, 0.15) is 5.69 Å². The van der Waals surface area contributed by atoms with Gasteiger partial charge in [-0.2, -0.15) is 5.10 Å². The van der Waals surface area contributed by atoms with E-state index < -0.39 is 0 Å². The summed E-state index contributed by atoms with van der Waals surface area (Å²) in [6.07, 6.45) is 7.43. The van der Waals surface area contributed by atoms with Gasteiger partial charge in [0.25, 0.3) is 5.91 Å². The molecule has 30 heavy (non-hydrogen) atoms. The van der Waals surface area contributed by atoms with Crippen molar-refractivity contribution >= 4 is 11.9 Å². The molecule has 1 atom stereocenters. The molecule has 1 spiro atoms. The number of aromatic nitrogens is 2. The van der Waals surface area contributed by atoms with Crippen LogP contribution in [-0.2, 0) is 11.3 Å². The zero-order valence-corrected chi connectivity index (χ0v) is 18.5. The van der Waals surface area contributed by atoms with Gasteiger partial charge < -0.3 is 19.9 Å². The summed E-state index contributed by atoms with van der Waals surface area (Å²) in [6, 6.07) is 2.59. The predicted octanol–water partition coefficient (Wildman–Crippen LogP) is 2.64. The molecule has 3 fully saturated rings. The Hall–Kier alpha value is -2.09. The van der Waals surface area contributed by atoms with Crippen LogP contribution in [0.2, 0.25) is 0 Å². The average Bonchev–Trinajstić information content (AvgIpc) is 3.42. The third-order valence-corrected chi connectivity index (χ3v) is 6.59. The van der Waals surface area contributed by atoms with Crippen molar-refractivity contribution in [2.75, 3.05) is 19.7 Å². The standard InChI is InChI=1S/C22H35N5O3/c1-4-26-11-7-19(24-26)20(28)25-12-9-22(10-13-25)15-18(8-14-30-22)27(17-5-6-17)21(29)23-16(2)3/h7,11,16-18H,4-6,8-10,12-15H2,1-3H3,(H,23,29). The second-order valence-corrected chi connectivity index (χ2v) is 9.27. The lowest BCUT2D eigenvalue weighted by Gasteiger charge is -2.48. The Bertz CT molecular complexity index is 765. The van der Waals surface area contributed by atoms with Gasteiger partial charge in [0.2, 0.25) is 0 Å². The Morgan fingerprint density at radius 2 is 2.00 bits per heavy atom. The van der Waals surface area contributed by atoms with Gasteiger partial charge in [0.15, 0.2) is 0 Å². The van der Waals surface area contributed by atoms with E-state index in [0.29, 0.717) is 31.4 Å². The molecule has 1 unspecified atom stereocenters. The van der Waals surface area contributed by atoms with Crippen molar-refractivity contribution in [2.24, 2.45) is 0 Å². The van der Waals surface area contributed by atoms with E-state index in [1.54, 1.807) is 10.7 Å². The number of amides is 3. The van der Waals surface area contributed by atoms with E-state index in [2.05, 4.69) is 15.3 Å². The highest BCUT2D eigenvalue weighted by Crippen LogP contribution is 2.40. The maximum atomic E-state index is 12.8. The molecule has 1 N–H and O–H groups in total. The van der Waals surface area contributed by atoms with Crippen LogP contribution < -0.4 is 5.32 Å². The van der Waals surface area contributed by atoms with Crippen molar-refractivity contribution < 1.29 is 14.3 Å². The highest BCUT2D eigenvalue weighted by atomic mass is 16.5. The quantitative estimate of drug-likeness (QED) is 0.799. The zero-order valence-electron chi connectivity index (χ0n) is 18.5. The summed E-state index contributed by atoms with van der Waals surface area (Å²) in [7, 11) is 0. The summed E-state index contributed by atoms with van der Waals surface area (Å²) in [4.78, 5) is 29.6. The van der Waals surface area contributed by atoms with Crippen LogP contribution in [0.1, 0.15) is 69.8 Å². The minimum atomic E-state index is -0.228. The maximum absolute atomic E-state index is 12.8. The summed E-state index contributed by atoms with van der Waals surface area (Å²) < 4.78 is 8.07. The van der Waals surface area contributed by atoms with Gasteiger partial charge in [0.05, 0.1) is 5.60 Å². The molecule has 3 amide bonds. The molecule has 1 aromatic heterocycles. The molecule has 1 saturated carbocycles. The molecular formula is C22H35N5O3. The van der Waals surface area contributed by atoms with E-state index in [-0.39, 0.29) is 29.6 Å². The van der Waals surface area contributed by atoms with E-state index in [1.807, 2.05) is 31.9 Å². The van der Waals surface area contributed by atoms with Gasteiger partial charge in [-0.3, -0.25) is 9.48 Å². The lowest BCUT2D eigenvalue weighted by molar-refractivity contribution is -0.126. The third kappa shape index (κ3) is 4.48. The Kier molecular flexibility index (Phi) is 6.04. The fourth-order valence-corrected chi connectivity index (χ4v) is 4.82. The number of rotatable bonds is 5. The van der Waals surface area contributed by atoms with Crippen LogP contribution >= 0.6 is 0 Å². The first-order chi connectivity index (χ1) is 14.4. The average molecular weight is 418 g/mol. The van der Waals surface area contributed by atoms with Crippen LogP contribution in [0.4, 0.5) is 4.79 Å². The molecule has 2 aliphatic heterocycles. The van der Waals surface area contributed by atoms with Crippen molar-refractivity contribution in [2.45, 2.75) is 89.6 Å². The lowest BCUT2D eigenvalue weighted by atomic mass is 9.81. The summed E-state index contributed by atoms with van der Waals surface area (Å²) >= 11 is 0. The molecule has 1 aromatic rings. The Morgan fingerprint density at radius 1 is 1.27 bits per heavy atom. The number of carbonyl (C=O) groups is 2. The minimum absolute atomic E-state index is 0.000303. The number of hydrogen-bond acceptors (Lipinski definition) is 4. The first-order valence-electron chi connectivity index (χ1n) is 11.5. The Labute approximate surface area is 178 Å². The van der Waals surface area contributed by atoms with Gasteiger partial charge in [-0.15, -0.1) is 0 Å². The van der Waals surface area contributed by atoms with Gasteiger partial charge in [-0.25, -0.2) is 4.79 Å². The van der Waals surface area contributed by atoms with Crippen LogP contribution in [0.25, 0.3) is 0 Å². The SMILES string of the molecule is CCn1ccc(C(=O)N2CCC3(CC2)CC(N(C(=O)NC(C)C)C2CC2)CCO3)n1. The molecule has 8 heteroatoms. The maximum Gasteiger partial charge on any atom is 0.318 e. The number of hydrogen-bond donors (Lipinski definition) is 1. The van der Waals surface area contributed by atoms with E-state index in [1.165, 1.54) is 0 Å². The first kappa shape index (κ1) is 21.2. The van der Waals surface area contributed by atoms with Crippen molar-refractivity contribution in [3.05, 3.63) is 18.0 Å². The number of aryl methyl sites for hydroxylation is 1. The van der Waals surface area contributed by atoms with Gasteiger partial charge in [-0.1, -0.05) is 0 Å². The van der Waals surface area contributed by atoms with E-state index in [4.69, 9.17) is 4.74 Å². The molecule has 3 heterocycles. The van der Waals surface area contributed by atoms with Crippen molar-refractivity contribution in [1.29, 1.82) is 0 Å². The number of likely N-dealkylation sites (tertiary alicyclic amines) is 1. The summed E-state index contributed by atoms with van der Waals surface area (Å²) in [6.45, 7) is 8.80. The van der Waals surface area contributed by atoms with Gasteiger partial charge in [0, 0.05) is 50.6 Å². The predicted molar refractivity (Wildman–Crippen MR) is 113 cm³/mol. The highest BCUT2D eigenvalue weighted by Gasteiger charge is 2.46. The summed E-state index contributed by atoms with van der Waals surface area (Å²) in [5, 5.41) is 7.44. The van der Waals surface area contributed by atoms with E-state index in [0.717, 1.165) is 45.1 Å². The normalized spacial score (nSPS) is 23.6. The number of urea groups is 1. The molecular weight excluding hydrogens is 382 g/mol. The van der Waals surface area contributed by atoms with E-state index >= 15 is 0 Å². The minimum Gasteiger partial charge on any atom is -0.375 e. The Balaban J connectivity index is 1.38. The number of nitrogens with zero attached hydrogens (tertiary/aromatic N) is 4. The molecule has 2 saturated heterocycles. The van der Waals surface area contributed by atoms with Gasteiger partial charge in [-0.05, 0) is 65.4 Å². The highest BCUT2D eigenvalue weighted by molar-refractivity contribution is 5.92. The molecule has 1 aliphatic carbocycles. The second kappa shape index (κ2) is 8.57. The van der Waals surface area contributed by atoms with Crippen LogP contribution in [0, 0.1) is 0 Å². The molecule has 4 rings (SSSR count).